The second-order valence-corrected chi connectivity index (χ2v) is 6.96. The van der Waals surface area contributed by atoms with Crippen molar-refractivity contribution in [3.05, 3.63) is 12.2 Å². The quantitative estimate of drug-likeness (QED) is 0.377. The summed E-state index contributed by atoms with van der Waals surface area (Å²) in [6.07, 6.45) is 14.4. The maximum absolute atomic E-state index is 10.8. The van der Waals surface area contributed by atoms with Crippen molar-refractivity contribution in [3.8, 4) is 0 Å². The van der Waals surface area contributed by atoms with Gasteiger partial charge in [-0.1, -0.05) is 57.6 Å². The van der Waals surface area contributed by atoms with Gasteiger partial charge in [0, 0.05) is 5.92 Å². The first-order chi connectivity index (χ1) is 11.1. The second-order valence-electron chi connectivity index (χ2n) is 6.96. The van der Waals surface area contributed by atoms with Gasteiger partial charge in [-0.3, -0.25) is 4.79 Å². The van der Waals surface area contributed by atoms with Crippen molar-refractivity contribution in [1.82, 2.24) is 0 Å². The van der Waals surface area contributed by atoms with E-state index < -0.39 is 11.9 Å². The highest BCUT2D eigenvalue weighted by Gasteiger charge is 2.24. The van der Waals surface area contributed by atoms with Crippen LogP contribution in [0.1, 0.15) is 71.1 Å². The summed E-state index contributed by atoms with van der Waals surface area (Å²) in [6, 6.07) is 0. The number of hydrogen-bond acceptors (Lipinski definition) is 3. The molecule has 1 rings (SSSR count). The third kappa shape index (κ3) is 7.98. The van der Waals surface area contributed by atoms with Crippen molar-refractivity contribution in [2.24, 2.45) is 17.8 Å². The van der Waals surface area contributed by atoms with Crippen LogP contribution in [0.5, 0.6) is 0 Å². The molecule has 4 heteroatoms. The molecule has 3 N–H and O–H groups in total. The highest BCUT2D eigenvalue weighted by atomic mass is 16.4. The lowest BCUT2D eigenvalue weighted by Gasteiger charge is -2.28. The molecule has 0 amide bonds. The van der Waals surface area contributed by atoms with Gasteiger partial charge in [-0.2, -0.15) is 0 Å². The summed E-state index contributed by atoms with van der Waals surface area (Å²) < 4.78 is 0. The molecule has 0 spiro atoms. The predicted octanol–water partition coefficient (Wildman–Crippen LogP) is 3.76. The molecule has 0 unspecified atom stereocenters. The highest BCUT2D eigenvalue weighted by Crippen LogP contribution is 2.29. The average molecular weight is 326 g/mol. The molecule has 0 fully saturated rings. The lowest BCUT2D eigenvalue weighted by molar-refractivity contribution is -0.143. The van der Waals surface area contributed by atoms with Crippen molar-refractivity contribution < 1.29 is 20.1 Å². The zero-order valence-electron chi connectivity index (χ0n) is 14.5. The Balaban J connectivity index is 2.18. The second kappa shape index (κ2) is 11.6. The lowest BCUT2D eigenvalue weighted by Crippen LogP contribution is -2.25. The van der Waals surface area contributed by atoms with E-state index in [9.17, 15) is 9.90 Å². The average Bonchev–Trinajstić information content (AvgIpc) is 2.52. The zero-order chi connectivity index (χ0) is 17.1. The van der Waals surface area contributed by atoms with E-state index in [2.05, 4.69) is 19.1 Å². The number of rotatable bonds is 12. The Kier molecular flexibility index (Phi) is 10.2. The van der Waals surface area contributed by atoms with E-state index in [1.54, 1.807) is 0 Å². The monoisotopic (exact) mass is 326 g/mol. The summed E-state index contributed by atoms with van der Waals surface area (Å²) in [5.41, 5.74) is 0. The Labute approximate surface area is 140 Å². The molecule has 1 aliphatic carbocycles. The van der Waals surface area contributed by atoms with Gasteiger partial charge in [0.25, 0.3) is 0 Å². The molecule has 4 nitrogen and oxygen atoms in total. The summed E-state index contributed by atoms with van der Waals surface area (Å²) in [7, 11) is 0. The van der Waals surface area contributed by atoms with Crippen molar-refractivity contribution >= 4 is 5.97 Å². The highest BCUT2D eigenvalue weighted by molar-refractivity contribution is 5.69. The lowest BCUT2D eigenvalue weighted by atomic mass is 9.81. The van der Waals surface area contributed by atoms with Crippen LogP contribution in [-0.4, -0.2) is 34.0 Å². The third-order valence-corrected chi connectivity index (χ3v) is 5.01. The van der Waals surface area contributed by atoms with Gasteiger partial charge in [0.2, 0.25) is 0 Å². The summed E-state index contributed by atoms with van der Waals surface area (Å²) in [5, 5.41) is 28.1. The van der Waals surface area contributed by atoms with E-state index in [1.165, 1.54) is 25.7 Å². The fourth-order valence-corrected chi connectivity index (χ4v) is 3.39. The topological polar surface area (TPSA) is 77.8 Å². The van der Waals surface area contributed by atoms with Crippen LogP contribution in [-0.2, 0) is 4.79 Å². The summed E-state index contributed by atoms with van der Waals surface area (Å²) in [4.78, 5) is 10.8. The number of carbonyl (C=O) groups is 1. The molecule has 0 radical (unpaired) electrons. The third-order valence-electron chi connectivity index (χ3n) is 5.01. The number of aliphatic carboxylic acids is 1. The van der Waals surface area contributed by atoms with Gasteiger partial charge in [-0.15, -0.1) is 0 Å². The molecule has 134 valence electrons. The smallest absolute Gasteiger partial charge is 0.308 e. The molecule has 1 aliphatic rings. The van der Waals surface area contributed by atoms with E-state index in [1.807, 2.05) is 0 Å². The first-order valence-corrected chi connectivity index (χ1v) is 9.28. The maximum Gasteiger partial charge on any atom is 0.308 e. The van der Waals surface area contributed by atoms with Crippen LogP contribution in [0, 0.1) is 17.8 Å². The first kappa shape index (κ1) is 20.2. The Morgan fingerprint density at radius 3 is 2.48 bits per heavy atom. The Morgan fingerprint density at radius 2 is 1.87 bits per heavy atom. The van der Waals surface area contributed by atoms with Crippen LogP contribution in [0.4, 0.5) is 0 Å². The number of carboxylic acids is 1. The van der Waals surface area contributed by atoms with E-state index in [0.29, 0.717) is 12.3 Å². The van der Waals surface area contributed by atoms with Gasteiger partial charge >= 0.3 is 5.97 Å². The summed E-state index contributed by atoms with van der Waals surface area (Å²) in [6.45, 7) is 1.93. The van der Waals surface area contributed by atoms with E-state index in [4.69, 9.17) is 10.2 Å². The largest absolute Gasteiger partial charge is 0.481 e. The van der Waals surface area contributed by atoms with Crippen molar-refractivity contribution in [3.63, 3.8) is 0 Å². The molecular weight excluding hydrogens is 292 g/mol. The molecule has 4 atom stereocenters. The van der Waals surface area contributed by atoms with Gasteiger partial charge in [0.05, 0.1) is 18.6 Å². The van der Waals surface area contributed by atoms with Gasteiger partial charge in [0.1, 0.15) is 0 Å². The standard InChI is InChI=1S/C19H34O4/c1-2-3-5-8-15-11-12-16(18(21)13-15)9-6-4-7-10-17(14-20)19(22)23/h11-12,15-18,20-21H,2-10,13-14H2,1H3,(H,22,23)/t15-,16-,17+,18-/m1/s1. The van der Waals surface area contributed by atoms with Crippen LogP contribution in [0.25, 0.3) is 0 Å². The Hall–Kier alpha value is -0.870. The van der Waals surface area contributed by atoms with Gasteiger partial charge in [-0.05, 0) is 31.6 Å². The van der Waals surface area contributed by atoms with Gasteiger partial charge in [0.15, 0.2) is 0 Å². The predicted molar refractivity (Wildman–Crippen MR) is 92.2 cm³/mol. The molecule has 0 aromatic heterocycles. The van der Waals surface area contributed by atoms with Gasteiger partial charge < -0.3 is 15.3 Å². The van der Waals surface area contributed by atoms with Crippen LogP contribution in [0.3, 0.4) is 0 Å². The molecule has 0 bridgehead atoms. The maximum atomic E-state index is 10.8. The number of allylic oxidation sites excluding steroid dienone is 1. The number of carboxylic acid groups (broad SMARTS) is 1. The molecular formula is C19H34O4. The van der Waals surface area contributed by atoms with E-state index in [0.717, 1.165) is 32.1 Å². The number of aliphatic hydroxyl groups excluding tert-OH is 2. The minimum Gasteiger partial charge on any atom is -0.481 e. The zero-order valence-corrected chi connectivity index (χ0v) is 14.5. The van der Waals surface area contributed by atoms with Crippen LogP contribution < -0.4 is 0 Å². The minimum absolute atomic E-state index is 0.226. The molecule has 0 saturated carbocycles. The van der Waals surface area contributed by atoms with Crippen molar-refractivity contribution in [2.75, 3.05) is 6.61 Å². The number of hydrogen-bond donors (Lipinski definition) is 3. The Bertz CT molecular complexity index is 353. The first-order valence-electron chi connectivity index (χ1n) is 9.28. The summed E-state index contributed by atoms with van der Waals surface area (Å²) >= 11 is 0. The molecule has 0 saturated heterocycles. The van der Waals surface area contributed by atoms with Gasteiger partial charge in [-0.25, -0.2) is 0 Å². The molecule has 23 heavy (non-hydrogen) atoms. The van der Waals surface area contributed by atoms with E-state index >= 15 is 0 Å². The van der Waals surface area contributed by atoms with Crippen LogP contribution in [0.15, 0.2) is 12.2 Å². The van der Waals surface area contributed by atoms with Crippen molar-refractivity contribution in [1.29, 1.82) is 0 Å². The molecule has 0 aromatic carbocycles. The van der Waals surface area contributed by atoms with E-state index in [-0.39, 0.29) is 18.6 Å². The Morgan fingerprint density at radius 1 is 1.13 bits per heavy atom. The molecule has 0 aliphatic heterocycles. The number of aliphatic hydroxyl groups is 2. The molecule has 0 aromatic rings. The van der Waals surface area contributed by atoms with Crippen LogP contribution >= 0.6 is 0 Å². The SMILES string of the molecule is CCCCC[C@@H]1C=C[C@@H](CCCCC[C@@H](CO)C(=O)O)[C@H](O)C1. The van der Waals surface area contributed by atoms with Crippen molar-refractivity contribution in [2.45, 2.75) is 77.2 Å². The normalized spacial score (nSPS) is 25.4. The fraction of sp³-hybridized carbons (Fsp3) is 0.842. The number of unbranched alkanes of at least 4 members (excludes halogenated alkanes) is 4. The fourth-order valence-electron chi connectivity index (χ4n) is 3.39. The van der Waals surface area contributed by atoms with Crippen LogP contribution in [0.2, 0.25) is 0 Å². The molecule has 0 heterocycles. The summed E-state index contributed by atoms with van der Waals surface area (Å²) in [5.74, 6) is -0.745. The minimum atomic E-state index is -0.910.